The van der Waals surface area contributed by atoms with Crippen LogP contribution in [0, 0.1) is 5.82 Å². The number of benzene rings is 3. The SMILES string of the molecule is C[C@H](NC1=NS(=O)(=O)C(c2ccc(-c3ccc(-c4cnc(N)nc4)cc3)cc2)C(C)(C)O1)c1ccccc1F. The molecule has 5 rings (SSSR count). The number of sulfonamides is 1. The number of nitrogens with one attached hydrogen (secondary N) is 1. The van der Waals surface area contributed by atoms with Crippen LogP contribution in [0.25, 0.3) is 22.3 Å². The smallest absolute Gasteiger partial charge is 0.301 e. The zero-order valence-corrected chi connectivity index (χ0v) is 22.5. The lowest BCUT2D eigenvalue weighted by molar-refractivity contribution is 0.0768. The lowest BCUT2D eigenvalue weighted by Crippen LogP contribution is -2.47. The molecule has 39 heavy (non-hydrogen) atoms. The van der Waals surface area contributed by atoms with Crippen molar-refractivity contribution in [1.82, 2.24) is 15.3 Å². The molecule has 1 aromatic heterocycles. The highest BCUT2D eigenvalue weighted by molar-refractivity contribution is 7.90. The zero-order chi connectivity index (χ0) is 27.8. The number of nitrogens with two attached hydrogens (primary N) is 1. The van der Waals surface area contributed by atoms with Gasteiger partial charge in [-0.1, -0.05) is 66.7 Å². The summed E-state index contributed by atoms with van der Waals surface area (Å²) in [7, 11) is -4.00. The highest BCUT2D eigenvalue weighted by atomic mass is 32.2. The van der Waals surface area contributed by atoms with E-state index in [2.05, 4.69) is 19.7 Å². The zero-order valence-electron chi connectivity index (χ0n) is 21.7. The Morgan fingerprint density at radius 3 is 2.00 bits per heavy atom. The van der Waals surface area contributed by atoms with Crippen molar-refractivity contribution in [3.05, 3.63) is 102 Å². The lowest BCUT2D eigenvalue weighted by atomic mass is 9.95. The first-order valence-electron chi connectivity index (χ1n) is 12.4. The van der Waals surface area contributed by atoms with E-state index < -0.39 is 32.7 Å². The largest absolute Gasteiger partial charge is 0.457 e. The summed E-state index contributed by atoms with van der Waals surface area (Å²) >= 11 is 0. The van der Waals surface area contributed by atoms with Gasteiger partial charge < -0.3 is 15.8 Å². The van der Waals surface area contributed by atoms with E-state index in [-0.39, 0.29) is 12.0 Å². The normalized spacial score (nSPS) is 18.5. The van der Waals surface area contributed by atoms with Crippen molar-refractivity contribution in [2.45, 2.75) is 37.7 Å². The predicted octanol–water partition coefficient (Wildman–Crippen LogP) is 5.42. The Kier molecular flexibility index (Phi) is 6.82. The number of ether oxygens (including phenoxy) is 1. The highest BCUT2D eigenvalue weighted by Crippen LogP contribution is 2.41. The Morgan fingerprint density at radius 2 is 1.44 bits per heavy atom. The van der Waals surface area contributed by atoms with E-state index >= 15 is 0 Å². The molecule has 2 atom stereocenters. The van der Waals surface area contributed by atoms with E-state index in [4.69, 9.17) is 10.5 Å². The van der Waals surface area contributed by atoms with E-state index in [0.29, 0.717) is 11.1 Å². The van der Waals surface area contributed by atoms with Crippen LogP contribution in [0.15, 0.2) is 89.6 Å². The second-order valence-corrected chi connectivity index (χ2v) is 11.6. The highest BCUT2D eigenvalue weighted by Gasteiger charge is 2.47. The van der Waals surface area contributed by atoms with E-state index in [0.717, 1.165) is 22.3 Å². The number of nitrogens with zero attached hydrogens (tertiary/aromatic N) is 3. The van der Waals surface area contributed by atoms with Gasteiger partial charge in [-0.05, 0) is 49.1 Å². The van der Waals surface area contributed by atoms with Gasteiger partial charge in [-0.25, -0.2) is 22.8 Å². The van der Waals surface area contributed by atoms with Crippen molar-refractivity contribution in [1.29, 1.82) is 0 Å². The van der Waals surface area contributed by atoms with Gasteiger partial charge in [0.1, 0.15) is 16.7 Å². The average Bonchev–Trinajstić information content (AvgIpc) is 2.88. The van der Waals surface area contributed by atoms with Crippen LogP contribution >= 0.6 is 0 Å². The number of hydrogen-bond donors (Lipinski definition) is 2. The van der Waals surface area contributed by atoms with Crippen molar-refractivity contribution in [3.63, 3.8) is 0 Å². The maximum Gasteiger partial charge on any atom is 0.301 e. The van der Waals surface area contributed by atoms with Gasteiger partial charge in [0, 0.05) is 23.5 Å². The third-order valence-electron chi connectivity index (χ3n) is 6.65. The number of anilines is 1. The number of aromatic nitrogens is 2. The molecule has 0 amide bonds. The van der Waals surface area contributed by atoms with Gasteiger partial charge in [0.15, 0.2) is 0 Å². The minimum atomic E-state index is -4.00. The third kappa shape index (κ3) is 5.46. The first-order chi connectivity index (χ1) is 18.5. The molecule has 8 nitrogen and oxygen atoms in total. The van der Waals surface area contributed by atoms with Crippen LogP contribution in [0.5, 0.6) is 0 Å². The van der Waals surface area contributed by atoms with Crippen molar-refractivity contribution in [2.24, 2.45) is 4.40 Å². The molecule has 10 heteroatoms. The van der Waals surface area contributed by atoms with Crippen LogP contribution < -0.4 is 11.1 Å². The molecule has 2 heterocycles. The maximum absolute atomic E-state index is 14.2. The molecule has 3 N–H and O–H groups in total. The minimum Gasteiger partial charge on any atom is -0.457 e. The van der Waals surface area contributed by atoms with Gasteiger partial charge in [0.25, 0.3) is 10.0 Å². The van der Waals surface area contributed by atoms with Crippen LogP contribution in [0.4, 0.5) is 10.3 Å². The summed E-state index contributed by atoms with van der Waals surface area (Å²) in [4.78, 5) is 8.06. The average molecular weight is 546 g/mol. The van der Waals surface area contributed by atoms with E-state index in [1.807, 2.05) is 36.4 Å². The number of nitrogen functional groups attached to an aromatic ring is 1. The number of amidine groups is 1. The molecule has 0 saturated heterocycles. The van der Waals surface area contributed by atoms with Crippen molar-refractivity contribution in [3.8, 4) is 22.3 Å². The monoisotopic (exact) mass is 545 g/mol. The van der Waals surface area contributed by atoms with Crippen molar-refractivity contribution >= 4 is 22.0 Å². The molecule has 0 bridgehead atoms. The molecule has 1 unspecified atom stereocenters. The Bertz CT molecular complexity index is 1620. The predicted molar refractivity (Wildman–Crippen MR) is 150 cm³/mol. The number of rotatable bonds is 5. The van der Waals surface area contributed by atoms with E-state index in [1.54, 1.807) is 63.5 Å². The molecule has 1 aliphatic heterocycles. The molecule has 0 spiro atoms. The first-order valence-corrected chi connectivity index (χ1v) is 13.9. The second-order valence-electron chi connectivity index (χ2n) is 9.91. The van der Waals surface area contributed by atoms with E-state index in [9.17, 15) is 12.8 Å². The summed E-state index contributed by atoms with van der Waals surface area (Å²) in [5.41, 5.74) is 9.07. The Morgan fingerprint density at radius 1 is 0.897 bits per heavy atom. The molecule has 0 fully saturated rings. The van der Waals surface area contributed by atoms with Gasteiger partial charge in [0.2, 0.25) is 5.95 Å². The number of hydrogen-bond acceptors (Lipinski definition) is 7. The Balaban J connectivity index is 1.36. The molecule has 4 aromatic rings. The van der Waals surface area contributed by atoms with Crippen molar-refractivity contribution in [2.75, 3.05) is 5.73 Å². The van der Waals surface area contributed by atoms with Crippen LogP contribution in [0.2, 0.25) is 0 Å². The molecular weight excluding hydrogens is 517 g/mol. The topological polar surface area (TPSA) is 120 Å². The Hall–Kier alpha value is -4.31. The summed E-state index contributed by atoms with van der Waals surface area (Å²) in [6.45, 7) is 5.12. The van der Waals surface area contributed by atoms with Gasteiger partial charge in [-0.3, -0.25) is 0 Å². The van der Waals surface area contributed by atoms with Gasteiger partial charge in [-0.15, -0.1) is 4.40 Å². The van der Waals surface area contributed by atoms with E-state index in [1.165, 1.54) is 6.07 Å². The van der Waals surface area contributed by atoms with Crippen LogP contribution in [0.1, 0.15) is 43.2 Å². The van der Waals surface area contributed by atoms with Crippen LogP contribution in [-0.2, 0) is 14.8 Å². The molecule has 0 saturated carbocycles. The molecule has 0 radical (unpaired) electrons. The molecule has 1 aliphatic rings. The fourth-order valence-electron chi connectivity index (χ4n) is 4.76. The van der Waals surface area contributed by atoms with Crippen LogP contribution in [0.3, 0.4) is 0 Å². The summed E-state index contributed by atoms with van der Waals surface area (Å²) < 4.78 is 50.8. The molecular formula is C29H28FN5O3S. The quantitative estimate of drug-likeness (QED) is 0.344. The van der Waals surface area contributed by atoms with Crippen LogP contribution in [-0.4, -0.2) is 30.0 Å². The fraction of sp³-hybridized carbons (Fsp3) is 0.207. The summed E-state index contributed by atoms with van der Waals surface area (Å²) in [6, 6.07) is 20.8. The van der Waals surface area contributed by atoms with Crippen molar-refractivity contribution < 1.29 is 17.5 Å². The second kappa shape index (κ2) is 10.1. The summed E-state index contributed by atoms with van der Waals surface area (Å²) in [6.07, 6.45) is 3.34. The summed E-state index contributed by atoms with van der Waals surface area (Å²) in [5.74, 6) is -0.178. The van der Waals surface area contributed by atoms with Gasteiger partial charge in [-0.2, -0.15) is 0 Å². The molecule has 0 aliphatic carbocycles. The lowest BCUT2D eigenvalue weighted by Gasteiger charge is -2.37. The van der Waals surface area contributed by atoms with Gasteiger partial charge in [0.05, 0.1) is 6.04 Å². The first kappa shape index (κ1) is 26.3. The summed E-state index contributed by atoms with van der Waals surface area (Å²) in [5, 5.41) is 1.88. The number of halogens is 1. The van der Waals surface area contributed by atoms with Gasteiger partial charge >= 0.3 is 6.02 Å². The molecule has 200 valence electrons. The Labute approximate surface area is 226 Å². The fourth-order valence-corrected chi connectivity index (χ4v) is 6.45. The maximum atomic E-state index is 14.2. The standard InChI is InChI=1S/C29H28FN5O3S/c1-18(24-6-4-5-7-25(24)30)34-28-35-39(36,37)26(29(2,3)38-28)22-14-12-20(13-15-22)19-8-10-21(11-9-19)23-16-32-27(31)33-17-23/h4-18,26H,1-3H3,(H,34,35)(H2,31,32,33)/t18-,26?/m0/s1. The minimum absolute atomic E-state index is 0.157. The third-order valence-corrected chi connectivity index (χ3v) is 8.50. The molecule has 3 aromatic carbocycles.